The van der Waals surface area contributed by atoms with Gasteiger partial charge in [-0.15, -0.1) is 0 Å². The number of benzene rings is 1. The Morgan fingerprint density at radius 3 is 3.00 bits per heavy atom. The van der Waals surface area contributed by atoms with Crippen molar-refractivity contribution >= 4 is 15.9 Å². The van der Waals surface area contributed by atoms with E-state index in [2.05, 4.69) is 41.1 Å². The fraction of sp³-hybridized carbons (Fsp3) is 0.500. The van der Waals surface area contributed by atoms with E-state index in [1.54, 1.807) is 7.11 Å². The second-order valence-electron chi connectivity index (χ2n) is 4.05. The molecule has 2 atom stereocenters. The van der Waals surface area contributed by atoms with E-state index in [1.807, 2.05) is 0 Å². The molecule has 2 heteroatoms. The van der Waals surface area contributed by atoms with Crippen LogP contribution >= 0.6 is 15.9 Å². The summed E-state index contributed by atoms with van der Waals surface area (Å²) in [5.74, 6) is 0.711. The first kappa shape index (κ1) is 10.2. The van der Waals surface area contributed by atoms with Crippen LogP contribution in [0.5, 0.6) is 0 Å². The topological polar surface area (TPSA) is 9.23 Å². The molecule has 2 unspecified atom stereocenters. The lowest BCUT2D eigenvalue weighted by molar-refractivity contribution is 0.185. The number of alkyl halides is 1. The quantitative estimate of drug-likeness (QED) is 0.735. The molecule has 0 bridgehead atoms. The van der Waals surface area contributed by atoms with E-state index < -0.39 is 0 Å². The highest BCUT2D eigenvalue weighted by Crippen LogP contribution is 2.42. The maximum Gasteiger partial charge on any atom is 0.0713 e. The minimum absolute atomic E-state index is 0.523. The van der Waals surface area contributed by atoms with Gasteiger partial charge in [0.1, 0.15) is 0 Å². The summed E-state index contributed by atoms with van der Waals surface area (Å²) in [7, 11) is 1.74. The Bertz CT molecular complexity index is 335. The third kappa shape index (κ3) is 1.73. The predicted molar refractivity (Wildman–Crippen MR) is 61.7 cm³/mol. The van der Waals surface area contributed by atoms with Crippen molar-refractivity contribution in [3.63, 3.8) is 0 Å². The van der Waals surface area contributed by atoms with Crippen LogP contribution in [0.25, 0.3) is 0 Å². The molecule has 1 aromatic carbocycles. The van der Waals surface area contributed by atoms with E-state index in [0.717, 1.165) is 0 Å². The van der Waals surface area contributed by atoms with Crippen molar-refractivity contribution < 1.29 is 4.74 Å². The fourth-order valence-corrected chi connectivity index (χ4v) is 2.71. The molecule has 1 aliphatic rings. The molecule has 14 heavy (non-hydrogen) atoms. The SMILES string of the molecule is COCc1ccc2c(c1)C(Br)C(C)C2. The normalized spacial score (nSPS) is 25.1. The molecular formula is C12H15BrO. The molecule has 0 spiro atoms. The van der Waals surface area contributed by atoms with Crippen LogP contribution in [0.2, 0.25) is 0 Å². The molecule has 0 N–H and O–H groups in total. The molecular weight excluding hydrogens is 240 g/mol. The zero-order chi connectivity index (χ0) is 10.1. The van der Waals surface area contributed by atoms with E-state index in [-0.39, 0.29) is 0 Å². The molecule has 76 valence electrons. The minimum Gasteiger partial charge on any atom is -0.380 e. The minimum atomic E-state index is 0.523. The van der Waals surface area contributed by atoms with Gasteiger partial charge in [-0.1, -0.05) is 41.1 Å². The van der Waals surface area contributed by atoms with Crippen molar-refractivity contribution in [2.75, 3.05) is 7.11 Å². The van der Waals surface area contributed by atoms with Crippen LogP contribution in [0.15, 0.2) is 18.2 Å². The van der Waals surface area contributed by atoms with Crippen LogP contribution in [-0.2, 0) is 17.8 Å². The van der Waals surface area contributed by atoms with Crippen LogP contribution in [0.4, 0.5) is 0 Å². The lowest BCUT2D eigenvalue weighted by Crippen LogP contribution is -1.94. The second kappa shape index (κ2) is 4.03. The molecule has 1 nitrogen and oxygen atoms in total. The van der Waals surface area contributed by atoms with Crippen LogP contribution in [0, 0.1) is 5.92 Å². The fourth-order valence-electron chi connectivity index (χ4n) is 2.10. The molecule has 0 saturated heterocycles. The standard InChI is InChI=1S/C12H15BrO/c1-8-5-10-4-3-9(7-14-2)6-11(10)12(8)13/h3-4,6,8,12H,5,7H2,1-2H3. The number of fused-ring (bicyclic) bond motifs is 1. The molecule has 0 saturated carbocycles. The Balaban J connectivity index is 2.31. The number of hydrogen-bond donors (Lipinski definition) is 0. The van der Waals surface area contributed by atoms with Gasteiger partial charge in [-0.25, -0.2) is 0 Å². The number of ether oxygens (including phenoxy) is 1. The maximum atomic E-state index is 5.13. The van der Waals surface area contributed by atoms with E-state index >= 15 is 0 Å². The first-order valence-electron chi connectivity index (χ1n) is 4.97. The largest absolute Gasteiger partial charge is 0.380 e. The summed E-state index contributed by atoms with van der Waals surface area (Å²) in [5.41, 5.74) is 4.20. The lowest BCUT2D eigenvalue weighted by Gasteiger charge is -2.08. The van der Waals surface area contributed by atoms with Crippen molar-refractivity contribution in [2.24, 2.45) is 5.92 Å². The van der Waals surface area contributed by atoms with Crippen molar-refractivity contribution in [3.8, 4) is 0 Å². The highest BCUT2D eigenvalue weighted by Gasteiger charge is 2.26. The first-order valence-corrected chi connectivity index (χ1v) is 5.88. The first-order chi connectivity index (χ1) is 6.72. The number of methoxy groups -OCH3 is 1. The highest BCUT2D eigenvalue weighted by molar-refractivity contribution is 9.09. The average molecular weight is 255 g/mol. The Labute approximate surface area is 93.6 Å². The number of hydrogen-bond acceptors (Lipinski definition) is 1. The second-order valence-corrected chi connectivity index (χ2v) is 5.04. The molecule has 0 aromatic heterocycles. The predicted octanol–water partition coefficient (Wildman–Crippen LogP) is 3.46. The zero-order valence-electron chi connectivity index (χ0n) is 8.59. The summed E-state index contributed by atoms with van der Waals surface area (Å²) < 4.78 is 5.13. The Morgan fingerprint density at radius 2 is 2.29 bits per heavy atom. The smallest absolute Gasteiger partial charge is 0.0713 e. The van der Waals surface area contributed by atoms with Gasteiger partial charge in [0.15, 0.2) is 0 Å². The molecule has 1 aromatic rings. The Hall–Kier alpha value is -0.340. The van der Waals surface area contributed by atoms with Crippen LogP contribution in [0.1, 0.15) is 28.4 Å². The summed E-state index contributed by atoms with van der Waals surface area (Å²) >= 11 is 3.75. The Kier molecular flexibility index (Phi) is 2.93. The van der Waals surface area contributed by atoms with E-state index in [0.29, 0.717) is 17.4 Å². The average Bonchev–Trinajstić information content (AvgIpc) is 2.45. The molecule has 0 radical (unpaired) electrons. The van der Waals surface area contributed by atoms with Gasteiger partial charge in [-0.3, -0.25) is 0 Å². The monoisotopic (exact) mass is 254 g/mol. The maximum absolute atomic E-state index is 5.13. The summed E-state index contributed by atoms with van der Waals surface area (Å²) in [6.07, 6.45) is 1.19. The van der Waals surface area contributed by atoms with Crippen LogP contribution in [0.3, 0.4) is 0 Å². The molecule has 2 rings (SSSR count). The van der Waals surface area contributed by atoms with Gasteiger partial charge in [-0.2, -0.15) is 0 Å². The van der Waals surface area contributed by atoms with Gasteiger partial charge >= 0.3 is 0 Å². The molecule has 0 aliphatic heterocycles. The third-order valence-electron chi connectivity index (χ3n) is 2.86. The number of rotatable bonds is 2. The summed E-state index contributed by atoms with van der Waals surface area (Å²) in [5, 5.41) is 0. The summed E-state index contributed by atoms with van der Waals surface area (Å²) in [4.78, 5) is 0.523. The highest BCUT2D eigenvalue weighted by atomic mass is 79.9. The van der Waals surface area contributed by atoms with Gasteiger partial charge in [0, 0.05) is 11.9 Å². The van der Waals surface area contributed by atoms with Gasteiger partial charge < -0.3 is 4.74 Å². The zero-order valence-corrected chi connectivity index (χ0v) is 10.2. The molecule has 0 heterocycles. The van der Waals surface area contributed by atoms with Gasteiger partial charge in [0.2, 0.25) is 0 Å². The van der Waals surface area contributed by atoms with Gasteiger partial charge in [0.25, 0.3) is 0 Å². The van der Waals surface area contributed by atoms with E-state index in [9.17, 15) is 0 Å². The molecule has 1 aliphatic carbocycles. The van der Waals surface area contributed by atoms with Crippen molar-refractivity contribution in [3.05, 3.63) is 34.9 Å². The van der Waals surface area contributed by atoms with Crippen molar-refractivity contribution in [1.29, 1.82) is 0 Å². The molecule has 0 fully saturated rings. The van der Waals surface area contributed by atoms with Gasteiger partial charge in [0.05, 0.1) is 6.61 Å². The van der Waals surface area contributed by atoms with Crippen molar-refractivity contribution in [1.82, 2.24) is 0 Å². The van der Waals surface area contributed by atoms with Gasteiger partial charge in [-0.05, 0) is 29.0 Å². The lowest BCUT2D eigenvalue weighted by atomic mass is 10.1. The summed E-state index contributed by atoms with van der Waals surface area (Å²) in [6.45, 7) is 3.00. The molecule has 0 amide bonds. The van der Waals surface area contributed by atoms with Crippen LogP contribution < -0.4 is 0 Å². The van der Waals surface area contributed by atoms with Crippen molar-refractivity contribution in [2.45, 2.75) is 24.8 Å². The van der Waals surface area contributed by atoms with E-state index in [4.69, 9.17) is 4.74 Å². The van der Waals surface area contributed by atoms with Crippen LogP contribution in [-0.4, -0.2) is 7.11 Å². The number of halogens is 1. The van der Waals surface area contributed by atoms with E-state index in [1.165, 1.54) is 23.1 Å². The third-order valence-corrected chi connectivity index (χ3v) is 4.26. The Morgan fingerprint density at radius 1 is 1.50 bits per heavy atom. The summed E-state index contributed by atoms with van der Waals surface area (Å²) in [6, 6.07) is 6.67.